The number of nitrogen functional groups attached to an aromatic ring is 1. The predicted octanol–water partition coefficient (Wildman–Crippen LogP) is 9.97. The Hall–Kier alpha value is -6.16. The van der Waals surface area contributed by atoms with E-state index in [-0.39, 0.29) is 50.1 Å². The third-order valence-corrected chi connectivity index (χ3v) is 13.8. The monoisotopic (exact) mass is 1070 g/mol. The molecule has 19 nitrogen and oxygen atoms in total. The summed E-state index contributed by atoms with van der Waals surface area (Å²) in [7, 11) is -7.41. The molecule has 0 aliphatic rings. The molecule has 0 saturated carbocycles. The van der Waals surface area contributed by atoms with Crippen LogP contribution in [-0.2, 0) is 44.2 Å². The van der Waals surface area contributed by atoms with Gasteiger partial charge in [0, 0.05) is 12.4 Å². The lowest BCUT2D eigenvalue weighted by Crippen LogP contribution is -2.36. The second kappa shape index (κ2) is 28.9. The zero-order chi connectivity index (χ0) is 53.7. The summed E-state index contributed by atoms with van der Waals surface area (Å²) in [6.45, 7) is 11.2. The highest BCUT2D eigenvalue weighted by atomic mass is 31.2. The molecule has 0 aliphatic heterocycles. The van der Waals surface area contributed by atoms with Gasteiger partial charge < -0.3 is 42.8 Å². The molecule has 73 heavy (non-hydrogen) atoms. The highest BCUT2D eigenvalue weighted by Crippen LogP contribution is 2.48. The van der Waals surface area contributed by atoms with Crippen molar-refractivity contribution in [2.45, 2.75) is 86.0 Å². The molecule has 2 aromatic heterocycles. The van der Waals surface area contributed by atoms with Crippen LogP contribution >= 0.6 is 15.5 Å². The van der Waals surface area contributed by atoms with E-state index in [1.54, 1.807) is 60.4 Å². The topological polar surface area (TPSA) is 236 Å². The fraction of sp³-hybridized carbons (Fsp3) is 0.426. The number of halogens is 5. The molecular formula is C47H60F5N7O12P2. The van der Waals surface area contributed by atoms with Crippen LogP contribution in [0.4, 0.5) is 27.9 Å². The van der Waals surface area contributed by atoms with Crippen molar-refractivity contribution in [2.24, 2.45) is 11.8 Å². The van der Waals surface area contributed by atoms with Crippen molar-refractivity contribution < 1.29 is 77.7 Å². The molecular weight excluding hydrogens is 1010 g/mol. The number of esters is 2. The van der Waals surface area contributed by atoms with Crippen molar-refractivity contribution in [1.29, 1.82) is 0 Å². The molecule has 2 heterocycles. The van der Waals surface area contributed by atoms with Crippen LogP contribution in [0.3, 0.4) is 0 Å². The molecule has 4 atom stereocenters. The Labute approximate surface area is 419 Å². The van der Waals surface area contributed by atoms with Crippen LogP contribution in [0.5, 0.6) is 23.1 Å². The Morgan fingerprint density at radius 3 is 1.66 bits per heavy atom. The summed E-state index contributed by atoms with van der Waals surface area (Å²) < 4.78 is 140. The van der Waals surface area contributed by atoms with E-state index in [1.165, 1.54) is 44.5 Å². The molecule has 0 radical (unpaired) electrons. The van der Waals surface area contributed by atoms with Crippen molar-refractivity contribution in [3.63, 3.8) is 0 Å². The molecule has 5 rings (SSSR count). The number of methoxy groups -OCH3 is 1. The summed E-state index contributed by atoms with van der Waals surface area (Å²) in [6.07, 6.45) is 8.12. The van der Waals surface area contributed by atoms with E-state index in [9.17, 15) is 40.7 Å². The number of nitrogens with one attached hydrogen (secondary N) is 2. The first-order valence-corrected chi connectivity index (χ1v) is 26.1. The van der Waals surface area contributed by atoms with Gasteiger partial charge in [-0.3, -0.25) is 14.1 Å². The van der Waals surface area contributed by atoms with Crippen molar-refractivity contribution >= 4 is 33.4 Å². The third kappa shape index (κ3) is 18.1. The fourth-order valence-corrected chi connectivity index (χ4v) is 9.13. The predicted molar refractivity (Wildman–Crippen MR) is 258 cm³/mol. The minimum Gasteiger partial charge on any atom is -0.480 e. The first-order chi connectivity index (χ1) is 34.8. The van der Waals surface area contributed by atoms with Gasteiger partial charge in [-0.15, -0.1) is 0 Å². The van der Waals surface area contributed by atoms with Crippen molar-refractivity contribution in [3.05, 3.63) is 108 Å². The van der Waals surface area contributed by atoms with Crippen LogP contribution in [0.25, 0.3) is 11.3 Å². The van der Waals surface area contributed by atoms with Gasteiger partial charge in [-0.25, -0.2) is 32.3 Å². The van der Waals surface area contributed by atoms with Crippen LogP contribution in [0.2, 0.25) is 0 Å². The summed E-state index contributed by atoms with van der Waals surface area (Å²) in [5.74, 6) is -14.0. The zero-order valence-electron chi connectivity index (χ0n) is 41.2. The molecule has 0 amide bonds. The quantitative estimate of drug-likeness (QED) is 0.0105. The van der Waals surface area contributed by atoms with Crippen LogP contribution in [0.1, 0.15) is 67.2 Å². The standard InChI is InChI=1S/C26H37N6O7P.C21H23F5NO5P/c1-5-20(6-2)16-37-25(33)19(3)31-40(34,39-21-10-8-7-9-11-21)38-13-12-36-18-32-15-23(29-17-32)22-14-28-26(27)30-24(22)35-4;1-4-13(5-2)11-30-21(28)12(3)27-33(29,31-14-9-7-6-8-10-14)32-20-18(25)16(23)15(22)17(24)19(20)26/h7-11,14-15,17,19-20H,5-6,12-13,16,18H2,1-4H3,(H,31,34)(H2,27,28,30);6-10,12-13H,4-5,11H2,1-3H3,(H,27,29)/t;12-,33?/m.0/s1. The number of benzene rings is 3. The van der Waals surface area contributed by atoms with Crippen molar-refractivity contribution in [3.8, 4) is 34.4 Å². The smallest absolute Gasteiger partial charge is 0.480 e. The number of aromatic nitrogens is 4. The van der Waals surface area contributed by atoms with Crippen molar-refractivity contribution in [1.82, 2.24) is 29.7 Å². The first kappa shape index (κ1) is 59.4. The number of ether oxygens (including phenoxy) is 4. The minimum atomic E-state index is -4.93. The summed E-state index contributed by atoms with van der Waals surface area (Å²) in [6, 6.07) is 13.3. The second-order valence-electron chi connectivity index (χ2n) is 15.9. The number of hydrogen-bond donors (Lipinski definition) is 3. The summed E-state index contributed by atoms with van der Waals surface area (Å²) in [5, 5.41) is 4.80. The first-order valence-electron chi connectivity index (χ1n) is 23.0. The molecule has 0 aliphatic carbocycles. The molecule has 400 valence electrons. The average molecular weight is 1070 g/mol. The Morgan fingerprint density at radius 2 is 1.16 bits per heavy atom. The Kier molecular flexibility index (Phi) is 23.5. The highest BCUT2D eigenvalue weighted by molar-refractivity contribution is 7.52. The Morgan fingerprint density at radius 1 is 0.685 bits per heavy atom. The number of para-hydroxylation sites is 2. The number of carbonyl (C=O) groups excluding carboxylic acids is 2. The number of nitrogens with two attached hydrogens (primary N) is 1. The number of carbonyl (C=O) groups is 2. The second-order valence-corrected chi connectivity index (χ2v) is 19.2. The van der Waals surface area contributed by atoms with Gasteiger partial charge in [0.25, 0.3) is 0 Å². The molecule has 3 aromatic carbocycles. The van der Waals surface area contributed by atoms with Crippen LogP contribution in [0.15, 0.2) is 79.4 Å². The average Bonchev–Trinajstić information content (AvgIpc) is 3.86. The third-order valence-electron chi connectivity index (χ3n) is 10.6. The molecule has 5 aromatic rings. The number of nitrogens with zero attached hydrogens (tertiary/aromatic N) is 4. The fourth-order valence-electron chi connectivity index (χ4n) is 6.13. The van der Waals surface area contributed by atoms with Gasteiger partial charge in [-0.2, -0.15) is 23.9 Å². The van der Waals surface area contributed by atoms with E-state index in [0.717, 1.165) is 25.7 Å². The van der Waals surface area contributed by atoms with Gasteiger partial charge in [0.1, 0.15) is 30.3 Å². The normalized spacial score (nSPS) is 13.7. The van der Waals surface area contributed by atoms with Gasteiger partial charge in [-0.1, -0.05) is 89.8 Å². The summed E-state index contributed by atoms with van der Waals surface area (Å²) in [4.78, 5) is 37.2. The lowest BCUT2D eigenvalue weighted by molar-refractivity contribution is -0.147. The van der Waals surface area contributed by atoms with E-state index in [4.69, 9.17) is 42.8 Å². The van der Waals surface area contributed by atoms with Crippen LogP contribution in [-0.4, -0.2) is 77.1 Å². The van der Waals surface area contributed by atoms with E-state index in [2.05, 4.69) is 25.1 Å². The van der Waals surface area contributed by atoms with Gasteiger partial charge >= 0.3 is 27.4 Å². The van der Waals surface area contributed by atoms with E-state index in [1.807, 2.05) is 27.7 Å². The van der Waals surface area contributed by atoms with E-state index in [0.29, 0.717) is 29.5 Å². The van der Waals surface area contributed by atoms with Gasteiger partial charge in [-0.05, 0) is 49.9 Å². The summed E-state index contributed by atoms with van der Waals surface area (Å²) >= 11 is 0. The SMILES string of the molecule is CCC(CC)COC(=O)C(C)NP(=O)(OCCOCn1cnc(-c2cnc(N)nc2OC)c1)Oc1ccccc1.CCC(CC)COC(=O)[C@H](C)NP(=O)(Oc1ccccc1)Oc1c(F)c(F)c(F)c(F)c1F. The Bertz CT molecular complexity index is 2610. The molecule has 3 unspecified atom stereocenters. The minimum absolute atomic E-state index is 0.0696. The van der Waals surface area contributed by atoms with Gasteiger partial charge in [0.2, 0.25) is 46.7 Å². The molecule has 0 spiro atoms. The van der Waals surface area contributed by atoms with Crippen LogP contribution < -0.4 is 34.2 Å². The molecule has 0 fully saturated rings. The van der Waals surface area contributed by atoms with Gasteiger partial charge in [0.15, 0.2) is 0 Å². The van der Waals surface area contributed by atoms with Crippen molar-refractivity contribution in [2.75, 3.05) is 39.3 Å². The maximum atomic E-state index is 14.1. The maximum Gasteiger partial charge on any atom is 0.513 e. The van der Waals surface area contributed by atoms with E-state index >= 15 is 0 Å². The van der Waals surface area contributed by atoms with Gasteiger partial charge in [0.05, 0.1) is 51.1 Å². The number of rotatable bonds is 28. The molecule has 26 heteroatoms. The summed E-state index contributed by atoms with van der Waals surface area (Å²) in [5.41, 5.74) is 6.77. The Balaban J connectivity index is 0.000000323. The molecule has 0 bridgehead atoms. The van der Waals surface area contributed by atoms with Crippen LogP contribution in [0, 0.1) is 40.9 Å². The highest BCUT2D eigenvalue weighted by Gasteiger charge is 2.39. The molecule has 4 N–H and O–H groups in total. The number of imidazole rings is 1. The zero-order valence-corrected chi connectivity index (χ0v) is 43.0. The number of hydrogen-bond acceptors (Lipinski definition) is 16. The van der Waals surface area contributed by atoms with E-state index < -0.39 is 74.4 Å². The maximum absolute atomic E-state index is 14.1. The number of anilines is 1. The lowest BCUT2D eigenvalue weighted by atomic mass is 10.1. The lowest BCUT2D eigenvalue weighted by Gasteiger charge is -2.24. The largest absolute Gasteiger partial charge is 0.513 e. The molecule has 0 saturated heterocycles.